The van der Waals surface area contributed by atoms with Gasteiger partial charge in [0.25, 0.3) is 0 Å². The topological polar surface area (TPSA) is 69.4 Å². The van der Waals surface area contributed by atoms with Crippen molar-refractivity contribution in [2.75, 3.05) is 18.9 Å². The molecule has 4 nitrogen and oxygen atoms in total. The summed E-state index contributed by atoms with van der Waals surface area (Å²) in [7, 11) is -3.16. The third-order valence-electron chi connectivity index (χ3n) is 2.79. The van der Waals surface area contributed by atoms with Gasteiger partial charge in [-0.25, -0.2) is 8.42 Å². The van der Waals surface area contributed by atoms with E-state index in [1.807, 2.05) is 13.0 Å². The van der Waals surface area contributed by atoms with E-state index in [1.165, 1.54) is 0 Å². The highest BCUT2D eigenvalue weighted by molar-refractivity contribution is 7.91. The van der Waals surface area contributed by atoms with Gasteiger partial charge < -0.3 is 10.5 Å². The van der Waals surface area contributed by atoms with Crippen molar-refractivity contribution in [1.29, 1.82) is 0 Å². The molecule has 5 heteroatoms. The van der Waals surface area contributed by atoms with Gasteiger partial charge >= 0.3 is 0 Å². The molecule has 0 aliphatic heterocycles. The van der Waals surface area contributed by atoms with E-state index in [1.54, 1.807) is 18.2 Å². The largest absolute Gasteiger partial charge is 0.377 e. The lowest BCUT2D eigenvalue weighted by Gasteiger charge is -2.07. The van der Waals surface area contributed by atoms with E-state index in [9.17, 15) is 8.42 Å². The van der Waals surface area contributed by atoms with Crippen LogP contribution >= 0.6 is 0 Å². The van der Waals surface area contributed by atoms with Crippen LogP contribution in [0.15, 0.2) is 29.2 Å². The first-order valence-electron chi connectivity index (χ1n) is 6.69. The molecule has 0 unspecified atom stereocenters. The minimum Gasteiger partial charge on any atom is -0.377 e. The molecule has 0 spiro atoms. The highest BCUT2D eigenvalue weighted by Gasteiger charge is 2.13. The van der Waals surface area contributed by atoms with E-state index in [0.29, 0.717) is 31.1 Å². The molecule has 0 saturated carbocycles. The molecular weight excluding hydrogens is 262 g/mol. The molecule has 1 rings (SSSR count). The number of benzene rings is 1. The minimum absolute atomic E-state index is 0.209. The van der Waals surface area contributed by atoms with Gasteiger partial charge in [-0.15, -0.1) is 0 Å². The lowest BCUT2D eigenvalue weighted by Crippen LogP contribution is -2.08. The van der Waals surface area contributed by atoms with Crippen molar-refractivity contribution in [2.24, 2.45) is 5.73 Å². The SMILES string of the molecule is CCCCS(=O)(=O)c1cccc(COCCCN)c1. The molecule has 0 atom stereocenters. The fourth-order valence-electron chi connectivity index (χ4n) is 1.66. The van der Waals surface area contributed by atoms with Gasteiger partial charge in [-0.05, 0) is 37.1 Å². The van der Waals surface area contributed by atoms with Crippen LogP contribution in [-0.2, 0) is 21.2 Å². The van der Waals surface area contributed by atoms with Crippen LogP contribution in [0.5, 0.6) is 0 Å². The molecule has 0 amide bonds. The summed E-state index contributed by atoms with van der Waals surface area (Å²) in [4.78, 5) is 0.390. The van der Waals surface area contributed by atoms with Gasteiger partial charge in [0.15, 0.2) is 9.84 Å². The molecule has 0 aromatic heterocycles. The number of hydrogen-bond acceptors (Lipinski definition) is 4. The van der Waals surface area contributed by atoms with Crippen LogP contribution in [0.2, 0.25) is 0 Å². The molecule has 0 aliphatic rings. The highest BCUT2D eigenvalue weighted by Crippen LogP contribution is 2.15. The predicted molar refractivity (Wildman–Crippen MR) is 76.7 cm³/mol. The van der Waals surface area contributed by atoms with E-state index < -0.39 is 9.84 Å². The molecule has 2 N–H and O–H groups in total. The molecule has 0 radical (unpaired) electrons. The van der Waals surface area contributed by atoms with Crippen molar-refractivity contribution < 1.29 is 13.2 Å². The van der Waals surface area contributed by atoms with Gasteiger partial charge in [-0.1, -0.05) is 25.5 Å². The van der Waals surface area contributed by atoms with Crippen LogP contribution in [0, 0.1) is 0 Å². The third-order valence-corrected chi connectivity index (χ3v) is 4.58. The van der Waals surface area contributed by atoms with Gasteiger partial charge in [0, 0.05) is 6.61 Å². The standard InChI is InChI=1S/C14H23NO3S/c1-2-3-10-19(16,17)14-7-4-6-13(11-14)12-18-9-5-8-15/h4,6-7,11H,2-3,5,8-10,12,15H2,1H3. The van der Waals surface area contributed by atoms with Crippen molar-refractivity contribution in [3.8, 4) is 0 Å². The third kappa shape index (κ3) is 5.72. The summed E-state index contributed by atoms with van der Waals surface area (Å²) in [5.41, 5.74) is 6.26. The summed E-state index contributed by atoms with van der Waals surface area (Å²) in [6.07, 6.45) is 2.38. The van der Waals surface area contributed by atoms with Crippen LogP contribution in [0.25, 0.3) is 0 Å². The highest BCUT2D eigenvalue weighted by atomic mass is 32.2. The molecule has 1 aromatic rings. The Morgan fingerprint density at radius 1 is 1.26 bits per heavy atom. The van der Waals surface area contributed by atoms with Crippen molar-refractivity contribution in [3.05, 3.63) is 29.8 Å². The summed E-state index contributed by atoms with van der Waals surface area (Å²) < 4.78 is 29.6. The number of sulfone groups is 1. The molecule has 0 aliphatic carbocycles. The zero-order valence-electron chi connectivity index (χ0n) is 11.5. The van der Waals surface area contributed by atoms with E-state index in [2.05, 4.69) is 0 Å². The van der Waals surface area contributed by atoms with Crippen LogP contribution in [-0.4, -0.2) is 27.3 Å². The number of hydrogen-bond donors (Lipinski definition) is 1. The van der Waals surface area contributed by atoms with E-state index in [-0.39, 0.29) is 5.75 Å². The van der Waals surface area contributed by atoms with Crippen LogP contribution in [0.3, 0.4) is 0 Å². The van der Waals surface area contributed by atoms with Crippen molar-refractivity contribution in [1.82, 2.24) is 0 Å². The first-order chi connectivity index (χ1) is 9.10. The second-order valence-corrected chi connectivity index (χ2v) is 6.62. The molecule has 0 saturated heterocycles. The summed E-state index contributed by atoms with van der Waals surface area (Å²) in [6.45, 7) is 3.61. The fourth-order valence-corrected chi connectivity index (χ4v) is 3.18. The Kier molecular flexibility index (Phi) is 7.05. The van der Waals surface area contributed by atoms with Crippen molar-refractivity contribution in [2.45, 2.75) is 37.7 Å². The summed E-state index contributed by atoms with van der Waals surface area (Å²) in [5, 5.41) is 0. The quantitative estimate of drug-likeness (QED) is 0.706. The minimum atomic E-state index is -3.16. The fraction of sp³-hybridized carbons (Fsp3) is 0.571. The van der Waals surface area contributed by atoms with Crippen LogP contribution < -0.4 is 5.73 Å². The molecule has 0 fully saturated rings. The Labute approximate surface area is 115 Å². The molecule has 0 heterocycles. The number of rotatable bonds is 9. The second-order valence-electron chi connectivity index (χ2n) is 4.51. The Morgan fingerprint density at radius 3 is 2.74 bits per heavy atom. The predicted octanol–water partition coefficient (Wildman–Crippen LogP) is 2.13. The molecular formula is C14H23NO3S. The average molecular weight is 285 g/mol. The maximum Gasteiger partial charge on any atom is 0.178 e. The van der Waals surface area contributed by atoms with Gasteiger partial charge in [-0.2, -0.15) is 0 Å². The van der Waals surface area contributed by atoms with Gasteiger partial charge in [-0.3, -0.25) is 0 Å². The first-order valence-corrected chi connectivity index (χ1v) is 8.35. The zero-order chi connectivity index (χ0) is 14.1. The normalized spacial score (nSPS) is 11.7. The zero-order valence-corrected chi connectivity index (χ0v) is 12.3. The van der Waals surface area contributed by atoms with E-state index >= 15 is 0 Å². The molecule has 0 bridgehead atoms. The van der Waals surface area contributed by atoms with Crippen LogP contribution in [0.4, 0.5) is 0 Å². The van der Waals surface area contributed by atoms with Gasteiger partial charge in [0.1, 0.15) is 0 Å². The lowest BCUT2D eigenvalue weighted by atomic mass is 10.2. The number of ether oxygens (including phenoxy) is 1. The average Bonchev–Trinajstić information content (AvgIpc) is 2.42. The monoisotopic (exact) mass is 285 g/mol. The Balaban J connectivity index is 2.66. The first kappa shape index (κ1) is 16.1. The Hall–Kier alpha value is -0.910. The van der Waals surface area contributed by atoms with E-state index in [0.717, 1.165) is 18.4 Å². The van der Waals surface area contributed by atoms with Crippen molar-refractivity contribution >= 4 is 9.84 Å². The second kappa shape index (κ2) is 8.30. The van der Waals surface area contributed by atoms with Gasteiger partial charge in [0.05, 0.1) is 17.3 Å². The number of nitrogens with two attached hydrogens (primary N) is 1. The maximum atomic E-state index is 12.1. The summed E-state index contributed by atoms with van der Waals surface area (Å²) in [6, 6.07) is 6.99. The smallest absolute Gasteiger partial charge is 0.178 e. The number of unbranched alkanes of at least 4 members (excludes halogenated alkanes) is 1. The maximum absolute atomic E-state index is 12.1. The van der Waals surface area contributed by atoms with Crippen LogP contribution in [0.1, 0.15) is 31.7 Å². The molecule has 1 aromatic carbocycles. The summed E-state index contributed by atoms with van der Waals surface area (Å²) in [5.74, 6) is 0.209. The molecule has 19 heavy (non-hydrogen) atoms. The Morgan fingerprint density at radius 2 is 2.05 bits per heavy atom. The van der Waals surface area contributed by atoms with Crippen molar-refractivity contribution in [3.63, 3.8) is 0 Å². The van der Waals surface area contributed by atoms with E-state index in [4.69, 9.17) is 10.5 Å². The Bertz CT molecular complexity index is 471. The summed E-state index contributed by atoms with van der Waals surface area (Å²) >= 11 is 0. The molecule has 108 valence electrons. The van der Waals surface area contributed by atoms with Gasteiger partial charge in [0.2, 0.25) is 0 Å². The lowest BCUT2D eigenvalue weighted by molar-refractivity contribution is 0.120.